The van der Waals surface area contributed by atoms with Crippen LogP contribution in [-0.2, 0) is 0 Å². The Labute approximate surface area is 52.6 Å². The Morgan fingerprint density at radius 1 is 1.25 bits per heavy atom. The topological polar surface area (TPSA) is 0 Å². The van der Waals surface area contributed by atoms with E-state index < -0.39 is 0 Å². The van der Waals surface area contributed by atoms with Crippen molar-refractivity contribution in [2.45, 2.75) is 14.3 Å². The van der Waals surface area contributed by atoms with Crippen LogP contribution in [0.4, 0.5) is 0 Å². The number of aryl methyl sites for hydroxylation is 1. The monoisotopic (exact) mass is 109 g/mol. The molecule has 1 aromatic carbocycles. The van der Waals surface area contributed by atoms with Gasteiger partial charge in [0, 0.05) is 1.37 Å². The van der Waals surface area contributed by atoms with Crippen LogP contribution in [0.25, 0.3) is 0 Å². The molecule has 0 bridgehead atoms. The lowest BCUT2D eigenvalue weighted by molar-refractivity contribution is 1.48. The van der Waals surface area contributed by atoms with Crippen molar-refractivity contribution >= 4 is 0 Å². The summed E-state index contributed by atoms with van der Waals surface area (Å²) in [5.41, 5.74) is 1.32. The Hall–Kier alpha value is -0.780. The lowest BCUT2D eigenvalue weighted by Gasteiger charge is -1.82. The molecule has 0 N–H and O–H groups in total. The van der Waals surface area contributed by atoms with Gasteiger partial charge in [-0.1, -0.05) is 43.3 Å². The van der Waals surface area contributed by atoms with Crippen LogP contribution in [-0.4, -0.2) is 0 Å². The van der Waals surface area contributed by atoms with Gasteiger partial charge in [0.15, 0.2) is 0 Å². The molecule has 0 spiro atoms. The zero-order valence-electron chi connectivity index (χ0n) is 6.39. The van der Waals surface area contributed by atoms with Gasteiger partial charge in [0.05, 0.1) is 0 Å². The molecule has 0 saturated carbocycles. The third-order valence-electron chi connectivity index (χ3n) is 0.940. The van der Waals surface area contributed by atoms with E-state index in [-0.39, 0.29) is 0 Å². The van der Waals surface area contributed by atoms with Crippen molar-refractivity contribution in [1.29, 1.82) is 0 Å². The van der Waals surface area contributed by atoms with E-state index in [1.165, 1.54) is 13.0 Å². The quantitative estimate of drug-likeness (QED) is 0.480. The molecular weight excluding hydrogens is 96.1 g/mol. The molecule has 0 atom stereocenters. The van der Waals surface area contributed by atoms with E-state index in [1.54, 1.807) is 0 Å². The fourth-order valence-corrected chi connectivity index (χ4v) is 0.534. The molecule has 1 aromatic rings. The minimum Gasteiger partial charge on any atom is -0.0776 e. The predicted octanol–water partition coefficient (Wildman–Crippen LogP) is 2.63. The number of hydrogen-bond acceptors (Lipinski definition) is 0. The van der Waals surface area contributed by atoms with Gasteiger partial charge in [0.1, 0.15) is 0 Å². The predicted molar refractivity (Wildman–Crippen MR) is 37.9 cm³/mol. The molecule has 0 heterocycles. The van der Waals surface area contributed by atoms with Gasteiger partial charge >= 0.3 is 0 Å². The molecule has 0 radical (unpaired) electrons. The highest BCUT2D eigenvalue weighted by Crippen LogP contribution is 1.92. The van der Waals surface area contributed by atoms with Gasteiger partial charge in [-0.05, 0) is 6.92 Å². The molecule has 0 heteroatoms. The Balaban J connectivity index is 0.000000291. The number of benzene rings is 1. The molecule has 0 aliphatic carbocycles. The summed E-state index contributed by atoms with van der Waals surface area (Å²) in [6.07, 6.45) is 0. The number of hydrogen-bond donors (Lipinski definition) is 0. The summed E-state index contributed by atoms with van der Waals surface area (Å²) in [6.45, 7) is 2.08. The Morgan fingerprint density at radius 3 is 2.00 bits per heavy atom. The molecule has 0 saturated heterocycles. The van der Waals surface area contributed by atoms with E-state index in [9.17, 15) is 0 Å². The SMILES string of the molecule is Cc1ccccc1.[2H]C. The summed E-state index contributed by atoms with van der Waals surface area (Å²) < 4.78 is 5.75. The highest BCUT2D eigenvalue weighted by molar-refractivity contribution is 5.11. The van der Waals surface area contributed by atoms with E-state index in [0.717, 1.165) is 0 Å². The van der Waals surface area contributed by atoms with Gasteiger partial charge in [0.2, 0.25) is 0 Å². The average molecular weight is 109 g/mol. The first kappa shape index (κ1) is 5.36. The average Bonchev–Trinajstić information content (AvgIpc) is 1.94. The van der Waals surface area contributed by atoms with Crippen molar-refractivity contribution in [1.82, 2.24) is 0 Å². The summed E-state index contributed by atoms with van der Waals surface area (Å²) in [6, 6.07) is 10.3. The van der Waals surface area contributed by atoms with Gasteiger partial charge in [-0.25, -0.2) is 0 Å². The second-order valence-corrected chi connectivity index (χ2v) is 1.65. The van der Waals surface area contributed by atoms with E-state index in [4.69, 9.17) is 1.37 Å². The minimum atomic E-state index is 1.25. The summed E-state index contributed by atoms with van der Waals surface area (Å²) in [5.74, 6) is 0. The smallest absolute Gasteiger partial charge is 0.0194 e. The molecule has 1 rings (SSSR count). The van der Waals surface area contributed by atoms with Gasteiger partial charge < -0.3 is 0 Å². The fourth-order valence-electron chi connectivity index (χ4n) is 0.534. The lowest BCUT2D eigenvalue weighted by atomic mass is 10.2. The van der Waals surface area contributed by atoms with Crippen molar-refractivity contribution in [3.63, 3.8) is 0 Å². The molecule has 0 fully saturated rings. The molecule has 0 aliphatic heterocycles. The molecule has 0 aliphatic rings. The summed E-state index contributed by atoms with van der Waals surface area (Å²) in [7, 11) is 1.25. The van der Waals surface area contributed by atoms with Crippen molar-refractivity contribution in [3.8, 4) is 0 Å². The standard InChI is InChI=1S/C7H8.CH4/c1-7-5-3-2-4-6-7;/h2-6H,1H3;1H4/i;1D. The first-order chi connectivity index (χ1) is 4.39. The molecule has 0 nitrogen and oxygen atoms in total. The largest absolute Gasteiger partial charge is 0.0776 e. The van der Waals surface area contributed by atoms with Crippen LogP contribution in [0.2, 0.25) is 0 Å². The second kappa shape index (κ2) is 3.25. The van der Waals surface area contributed by atoms with Crippen LogP contribution in [0.1, 0.15) is 14.3 Å². The van der Waals surface area contributed by atoms with Gasteiger partial charge in [-0.3, -0.25) is 0 Å². The number of rotatable bonds is 0. The summed E-state index contributed by atoms with van der Waals surface area (Å²) in [4.78, 5) is 0. The molecule has 0 unspecified atom stereocenters. The van der Waals surface area contributed by atoms with Gasteiger partial charge in [-0.15, -0.1) is 0 Å². The van der Waals surface area contributed by atoms with Crippen LogP contribution in [0.5, 0.6) is 0 Å². The van der Waals surface area contributed by atoms with Crippen molar-refractivity contribution < 1.29 is 1.37 Å². The summed E-state index contributed by atoms with van der Waals surface area (Å²) in [5, 5.41) is 0. The maximum Gasteiger partial charge on any atom is 0.0194 e. The first-order valence-electron chi connectivity index (χ1n) is 3.41. The van der Waals surface area contributed by atoms with Gasteiger partial charge in [-0.2, -0.15) is 0 Å². The zero-order chi connectivity index (χ0) is 7.11. The second-order valence-electron chi connectivity index (χ2n) is 1.65. The molecular formula is C8H12. The summed E-state index contributed by atoms with van der Waals surface area (Å²) >= 11 is 0. The van der Waals surface area contributed by atoms with Crippen LogP contribution in [0.15, 0.2) is 30.3 Å². The lowest BCUT2D eigenvalue weighted by Crippen LogP contribution is -1.62. The molecule has 44 valence electrons. The van der Waals surface area contributed by atoms with Crippen molar-refractivity contribution in [3.05, 3.63) is 35.9 Å². The van der Waals surface area contributed by atoms with E-state index in [2.05, 4.69) is 19.1 Å². The first-order valence-corrected chi connectivity index (χ1v) is 2.41. The Bertz CT molecular complexity index is 134. The van der Waals surface area contributed by atoms with Crippen LogP contribution in [0, 0.1) is 6.92 Å². The van der Waals surface area contributed by atoms with Crippen molar-refractivity contribution in [2.24, 2.45) is 0 Å². The Morgan fingerprint density at radius 2 is 1.75 bits per heavy atom. The maximum atomic E-state index is 5.75. The van der Waals surface area contributed by atoms with Gasteiger partial charge in [0.25, 0.3) is 0 Å². The molecule has 0 amide bonds. The maximum absolute atomic E-state index is 5.75. The van der Waals surface area contributed by atoms with E-state index in [1.807, 2.05) is 18.2 Å². The minimum absolute atomic E-state index is 1.25. The third kappa shape index (κ3) is 1.78. The zero-order valence-corrected chi connectivity index (χ0v) is 5.39. The van der Waals surface area contributed by atoms with Crippen LogP contribution < -0.4 is 0 Å². The van der Waals surface area contributed by atoms with E-state index >= 15 is 0 Å². The molecule has 0 aromatic heterocycles. The third-order valence-corrected chi connectivity index (χ3v) is 0.940. The highest BCUT2D eigenvalue weighted by Gasteiger charge is 1.72. The van der Waals surface area contributed by atoms with Crippen LogP contribution >= 0.6 is 0 Å². The highest BCUT2D eigenvalue weighted by atomic mass is 13.8. The fraction of sp³-hybridized carbons (Fsp3) is 0.250. The molecule has 8 heavy (non-hydrogen) atoms. The normalized spacial score (nSPS) is 8.50. The van der Waals surface area contributed by atoms with E-state index in [0.29, 0.717) is 0 Å². The van der Waals surface area contributed by atoms with Crippen molar-refractivity contribution in [2.75, 3.05) is 0 Å². The van der Waals surface area contributed by atoms with Crippen LogP contribution in [0.3, 0.4) is 0 Å². The Kier molecular flexibility index (Phi) is 2.18.